The number of methoxy groups -OCH3 is 2. The highest BCUT2D eigenvalue weighted by Crippen LogP contribution is 2.34. The van der Waals surface area contributed by atoms with Crippen LogP contribution in [-0.2, 0) is 30.6 Å². The fourth-order valence-electron chi connectivity index (χ4n) is 4.77. The van der Waals surface area contributed by atoms with Crippen LogP contribution in [0.2, 0.25) is 0 Å². The van der Waals surface area contributed by atoms with Gasteiger partial charge in [-0.3, -0.25) is 9.36 Å². The molecule has 0 unspecified atom stereocenters. The van der Waals surface area contributed by atoms with E-state index >= 15 is 0 Å². The molecule has 0 radical (unpaired) electrons. The number of hydrogen-bond acceptors (Lipinski definition) is 5. The van der Waals surface area contributed by atoms with Gasteiger partial charge in [0.05, 0.1) is 25.7 Å². The molecule has 0 bridgehead atoms. The number of aromatic nitrogens is 2. The van der Waals surface area contributed by atoms with Gasteiger partial charge in [-0.2, -0.15) is 0 Å². The van der Waals surface area contributed by atoms with E-state index in [1.54, 1.807) is 26.0 Å². The number of carbonyl (C=O) groups excluding carboxylic acids is 1. The molecule has 0 saturated carbocycles. The first-order chi connectivity index (χ1) is 16.2. The molecule has 0 N–H and O–H groups in total. The Balaban J connectivity index is 1.33. The average Bonchev–Trinajstić information content (AvgIpc) is 3.25. The summed E-state index contributed by atoms with van der Waals surface area (Å²) in [6, 6.07) is 14.4. The summed E-state index contributed by atoms with van der Waals surface area (Å²) in [6.45, 7) is 1.31. The van der Waals surface area contributed by atoms with Crippen molar-refractivity contribution in [3.05, 3.63) is 65.0 Å². The second-order valence-corrected chi connectivity index (χ2v) is 9.44. The Labute approximate surface area is 198 Å². The molecule has 0 atom stereocenters. The second kappa shape index (κ2) is 9.51. The molecule has 0 spiro atoms. The third-order valence-corrected chi connectivity index (χ3v) is 7.44. The molecule has 1 aliphatic heterocycles. The van der Waals surface area contributed by atoms with E-state index in [1.165, 1.54) is 29.8 Å². The Kier molecular flexibility index (Phi) is 6.31. The van der Waals surface area contributed by atoms with E-state index in [1.807, 2.05) is 23.1 Å². The van der Waals surface area contributed by atoms with E-state index in [2.05, 4.69) is 28.8 Å². The van der Waals surface area contributed by atoms with Gasteiger partial charge < -0.3 is 14.4 Å². The Hall–Kier alpha value is -2.93. The SMILES string of the molecule is COc1cc2c(cc1OC)CN(C(=O)CSc1nc3c(n1-c1ccccc1)CCCC3)CC2. The predicted octanol–water partition coefficient (Wildman–Crippen LogP) is 4.45. The summed E-state index contributed by atoms with van der Waals surface area (Å²) < 4.78 is 13.1. The standard InChI is InChI=1S/C26H29N3O3S/c1-31-23-14-18-12-13-28(16-19(18)15-24(23)32-2)25(30)17-33-26-27-21-10-6-7-11-22(21)29(26)20-8-4-3-5-9-20/h3-5,8-9,14-15H,6-7,10-13,16-17H2,1-2H3. The maximum Gasteiger partial charge on any atom is 0.233 e. The monoisotopic (exact) mass is 463 g/mol. The summed E-state index contributed by atoms with van der Waals surface area (Å²) in [7, 11) is 3.29. The van der Waals surface area contributed by atoms with Gasteiger partial charge in [0.2, 0.25) is 5.91 Å². The van der Waals surface area contributed by atoms with Crippen LogP contribution in [0.25, 0.3) is 5.69 Å². The number of para-hydroxylation sites is 1. The Bertz CT molecular complexity index is 1160. The van der Waals surface area contributed by atoms with E-state index in [4.69, 9.17) is 14.5 Å². The molecule has 33 heavy (non-hydrogen) atoms. The highest BCUT2D eigenvalue weighted by atomic mass is 32.2. The Morgan fingerprint density at radius 3 is 2.48 bits per heavy atom. The van der Waals surface area contributed by atoms with Crippen molar-refractivity contribution in [2.45, 2.75) is 43.8 Å². The van der Waals surface area contributed by atoms with Crippen LogP contribution in [0.15, 0.2) is 47.6 Å². The fraction of sp³-hybridized carbons (Fsp3) is 0.385. The molecule has 5 rings (SSSR count). The van der Waals surface area contributed by atoms with Crippen molar-refractivity contribution >= 4 is 17.7 Å². The van der Waals surface area contributed by atoms with Crippen LogP contribution in [0.5, 0.6) is 11.5 Å². The molecule has 2 heterocycles. The van der Waals surface area contributed by atoms with Gasteiger partial charge in [0, 0.05) is 24.5 Å². The first-order valence-corrected chi connectivity index (χ1v) is 12.5. The summed E-state index contributed by atoms with van der Waals surface area (Å²) >= 11 is 1.55. The molecule has 1 aliphatic carbocycles. The van der Waals surface area contributed by atoms with E-state index < -0.39 is 0 Å². The van der Waals surface area contributed by atoms with Gasteiger partial charge in [0.15, 0.2) is 16.7 Å². The van der Waals surface area contributed by atoms with Gasteiger partial charge in [-0.15, -0.1) is 0 Å². The summed E-state index contributed by atoms with van der Waals surface area (Å²) in [5, 5.41) is 0.922. The van der Waals surface area contributed by atoms with Gasteiger partial charge in [0.25, 0.3) is 0 Å². The summed E-state index contributed by atoms with van der Waals surface area (Å²) in [6.07, 6.45) is 5.25. The zero-order valence-electron chi connectivity index (χ0n) is 19.2. The van der Waals surface area contributed by atoms with Crippen molar-refractivity contribution < 1.29 is 14.3 Å². The quantitative estimate of drug-likeness (QED) is 0.506. The second-order valence-electron chi connectivity index (χ2n) is 8.50. The van der Waals surface area contributed by atoms with Crippen molar-refractivity contribution in [3.8, 4) is 17.2 Å². The number of thioether (sulfide) groups is 1. The minimum Gasteiger partial charge on any atom is -0.493 e. The van der Waals surface area contributed by atoms with Gasteiger partial charge in [-0.05, 0) is 67.5 Å². The zero-order valence-corrected chi connectivity index (χ0v) is 20.0. The lowest BCUT2D eigenvalue weighted by Gasteiger charge is -2.29. The fourth-order valence-corrected chi connectivity index (χ4v) is 5.72. The summed E-state index contributed by atoms with van der Waals surface area (Å²) in [5.74, 6) is 1.96. The van der Waals surface area contributed by atoms with Crippen LogP contribution in [0.4, 0.5) is 0 Å². The van der Waals surface area contributed by atoms with Crippen LogP contribution in [-0.4, -0.2) is 46.9 Å². The van der Waals surface area contributed by atoms with Crippen LogP contribution in [0.3, 0.4) is 0 Å². The average molecular weight is 464 g/mol. The largest absolute Gasteiger partial charge is 0.493 e. The zero-order chi connectivity index (χ0) is 22.8. The normalized spacial score (nSPS) is 15.0. The third-order valence-electron chi connectivity index (χ3n) is 6.51. The molecule has 1 aromatic heterocycles. The maximum absolute atomic E-state index is 13.2. The molecule has 3 aromatic rings. The number of nitrogens with zero attached hydrogens (tertiary/aromatic N) is 3. The van der Waals surface area contributed by atoms with E-state index in [0.717, 1.165) is 41.4 Å². The van der Waals surface area contributed by atoms with Crippen molar-refractivity contribution in [2.24, 2.45) is 0 Å². The van der Waals surface area contributed by atoms with E-state index in [0.29, 0.717) is 24.6 Å². The third kappa shape index (κ3) is 4.34. The molecule has 0 fully saturated rings. The molecule has 0 saturated heterocycles. The minimum absolute atomic E-state index is 0.140. The molecular weight excluding hydrogens is 434 g/mol. The van der Waals surface area contributed by atoms with Gasteiger partial charge >= 0.3 is 0 Å². The first kappa shape index (κ1) is 21.9. The number of carbonyl (C=O) groups is 1. The lowest BCUT2D eigenvalue weighted by molar-refractivity contribution is -0.129. The highest BCUT2D eigenvalue weighted by Gasteiger charge is 2.25. The van der Waals surface area contributed by atoms with Gasteiger partial charge in [-0.25, -0.2) is 4.98 Å². The number of aryl methyl sites for hydroxylation is 1. The van der Waals surface area contributed by atoms with Gasteiger partial charge in [0.1, 0.15) is 0 Å². The summed E-state index contributed by atoms with van der Waals surface area (Å²) in [4.78, 5) is 20.0. The Morgan fingerprint density at radius 2 is 1.73 bits per heavy atom. The number of fused-ring (bicyclic) bond motifs is 2. The number of amides is 1. The van der Waals surface area contributed by atoms with Crippen molar-refractivity contribution in [1.29, 1.82) is 0 Å². The number of imidazole rings is 1. The number of rotatable bonds is 6. The molecule has 1 amide bonds. The van der Waals surface area contributed by atoms with Crippen LogP contribution in [0.1, 0.15) is 35.4 Å². The summed E-state index contributed by atoms with van der Waals surface area (Å²) in [5.41, 5.74) is 5.95. The number of ether oxygens (including phenoxy) is 2. The van der Waals surface area contributed by atoms with E-state index in [9.17, 15) is 4.79 Å². The predicted molar refractivity (Wildman–Crippen MR) is 130 cm³/mol. The van der Waals surface area contributed by atoms with Crippen molar-refractivity contribution in [1.82, 2.24) is 14.5 Å². The van der Waals surface area contributed by atoms with Crippen LogP contribution < -0.4 is 9.47 Å². The van der Waals surface area contributed by atoms with Crippen molar-refractivity contribution in [2.75, 3.05) is 26.5 Å². The highest BCUT2D eigenvalue weighted by molar-refractivity contribution is 7.99. The number of benzene rings is 2. The molecule has 6 nitrogen and oxygen atoms in total. The first-order valence-electron chi connectivity index (χ1n) is 11.5. The number of hydrogen-bond donors (Lipinski definition) is 0. The molecule has 2 aromatic carbocycles. The minimum atomic E-state index is 0.140. The van der Waals surface area contributed by atoms with Crippen molar-refractivity contribution in [3.63, 3.8) is 0 Å². The smallest absolute Gasteiger partial charge is 0.233 e. The van der Waals surface area contributed by atoms with Gasteiger partial charge in [-0.1, -0.05) is 30.0 Å². The van der Waals surface area contributed by atoms with Crippen LogP contribution in [0, 0.1) is 0 Å². The topological polar surface area (TPSA) is 56.6 Å². The molecule has 7 heteroatoms. The van der Waals surface area contributed by atoms with Crippen LogP contribution >= 0.6 is 11.8 Å². The molecular formula is C26H29N3O3S. The lowest BCUT2D eigenvalue weighted by atomic mass is 9.99. The lowest BCUT2D eigenvalue weighted by Crippen LogP contribution is -2.37. The maximum atomic E-state index is 13.2. The molecule has 2 aliphatic rings. The molecule has 172 valence electrons. The Morgan fingerprint density at radius 1 is 1.00 bits per heavy atom. The van der Waals surface area contributed by atoms with E-state index in [-0.39, 0.29) is 5.91 Å².